The molecule has 1 saturated carbocycles. The minimum Gasteiger partial charge on any atom is -0.383 e. The SMILES string of the molecule is Nc1nc(-c2cccc(Br)c2)nc(C2CCCC2)c1I. The first kappa shape index (κ1) is 14.3. The predicted octanol–water partition coefficient (Wildman–Crippen LogP) is 4.75. The van der Waals surface area contributed by atoms with Gasteiger partial charge in [-0.1, -0.05) is 40.9 Å². The van der Waals surface area contributed by atoms with Crippen LogP contribution in [0.25, 0.3) is 11.4 Å². The van der Waals surface area contributed by atoms with E-state index >= 15 is 0 Å². The van der Waals surface area contributed by atoms with Crippen LogP contribution in [0.15, 0.2) is 28.7 Å². The quantitative estimate of drug-likeness (QED) is 0.681. The normalized spacial score (nSPS) is 15.7. The summed E-state index contributed by atoms with van der Waals surface area (Å²) in [6.07, 6.45) is 5.00. The first-order valence-electron chi connectivity index (χ1n) is 6.74. The van der Waals surface area contributed by atoms with Crippen molar-refractivity contribution in [3.05, 3.63) is 38.0 Å². The van der Waals surface area contributed by atoms with E-state index in [0.29, 0.717) is 11.7 Å². The van der Waals surface area contributed by atoms with Crippen molar-refractivity contribution in [1.29, 1.82) is 0 Å². The fraction of sp³-hybridized carbons (Fsp3) is 0.333. The lowest BCUT2D eigenvalue weighted by Gasteiger charge is -2.14. The molecular formula is C15H15BrIN3. The van der Waals surface area contributed by atoms with Crippen molar-refractivity contribution in [1.82, 2.24) is 9.97 Å². The van der Waals surface area contributed by atoms with Gasteiger partial charge in [0.15, 0.2) is 5.82 Å². The van der Waals surface area contributed by atoms with Gasteiger partial charge in [0.05, 0.1) is 9.26 Å². The Hall–Kier alpha value is -0.690. The summed E-state index contributed by atoms with van der Waals surface area (Å²) >= 11 is 5.77. The van der Waals surface area contributed by atoms with Crippen molar-refractivity contribution < 1.29 is 0 Å². The topological polar surface area (TPSA) is 51.8 Å². The number of aromatic nitrogens is 2. The minimum absolute atomic E-state index is 0.540. The molecule has 104 valence electrons. The second-order valence-electron chi connectivity index (χ2n) is 5.12. The number of hydrogen-bond acceptors (Lipinski definition) is 3. The van der Waals surface area contributed by atoms with Crippen LogP contribution in [0.1, 0.15) is 37.3 Å². The second kappa shape index (κ2) is 5.97. The van der Waals surface area contributed by atoms with Crippen LogP contribution in [0.4, 0.5) is 5.82 Å². The Labute approximate surface area is 140 Å². The van der Waals surface area contributed by atoms with Crippen LogP contribution in [0.5, 0.6) is 0 Å². The monoisotopic (exact) mass is 443 g/mol. The molecular weight excluding hydrogens is 429 g/mol. The molecule has 0 aliphatic heterocycles. The molecule has 1 aromatic carbocycles. The smallest absolute Gasteiger partial charge is 0.161 e. The van der Waals surface area contributed by atoms with Gasteiger partial charge < -0.3 is 5.73 Å². The molecule has 0 bridgehead atoms. The maximum absolute atomic E-state index is 6.09. The van der Waals surface area contributed by atoms with Gasteiger partial charge in [-0.15, -0.1) is 0 Å². The Morgan fingerprint density at radius 3 is 2.65 bits per heavy atom. The van der Waals surface area contributed by atoms with E-state index in [9.17, 15) is 0 Å². The van der Waals surface area contributed by atoms with Gasteiger partial charge in [0.1, 0.15) is 5.82 Å². The predicted molar refractivity (Wildman–Crippen MR) is 93.5 cm³/mol. The zero-order chi connectivity index (χ0) is 14.1. The Balaban J connectivity index is 2.08. The van der Waals surface area contributed by atoms with Crippen molar-refractivity contribution in [2.75, 3.05) is 5.73 Å². The van der Waals surface area contributed by atoms with Gasteiger partial charge in [-0.25, -0.2) is 9.97 Å². The fourth-order valence-corrected chi connectivity index (χ4v) is 3.79. The molecule has 1 aliphatic rings. The highest BCUT2D eigenvalue weighted by molar-refractivity contribution is 14.1. The van der Waals surface area contributed by atoms with Crippen molar-refractivity contribution in [2.45, 2.75) is 31.6 Å². The zero-order valence-electron chi connectivity index (χ0n) is 10.9. The molecule has 3 nitrogen and oxygen atoms in total. The van der Waals surface area contributed by atoms with Gasteiger partial charge in [0.25, 0.3) is 0 Å². The Morgan fingerprint density at radius 2 is 1.95 bits per heavy atom. The lowest BCUT2D eigenvalue weighted by molar-refractivity contribution is 0.691. The van der Waals surface area contributed by atoms with Crippen molar-refractivity contribution in [2.24, 2.45) is 0 Å². The summed E-state index contributed by atoms with van der Waals surface area (Å²) in [6, 6.07) is 8.04. The molecule has 0 radical (unpaired) electrons. The third kappa shape index (κ3) is 2.83. The number of anilines is 1. The van der Waals surface area contributed by atoms with E-state index in [-0.39, 0.29) is 0 Å². The van der Waals surface area contributed by atoms with Crippen molar-refractivity contribution >= 4 is 44.3 Å². The fourth-order valence-electron chi connectivity index (χ4n) is 2.71. The number of nitrogen functional groups attached to an aromatic ring is 1. The summed E-state index contributed by atoms with van der Waals surface area (Å²) in [5.74, 6) is 1.86. The van der Waals surface area contributed by atoms with E-state index in [1.165, 1.54) is 25.7 Å². The zero-order valence-corrected chi connectivity index (χ0v) is 14.7. The third-order valence-electron chi connectivity index (χ3n) is 3.73. The number of benzene rings is 1. The van der Waals surface area contributed by atoms with E-state index in [0.717, 1.165) is 25.1 Å². The molecule has 0 spiro atoms. The molecule has 3 rings (SSSR count). The molecule has 5 heteroatoms. The largest absolute Gasteiger partial charge is 0.383 e. The van der Waals surface area contributed by atoms with Crippen LogP contribution >= 0.6 is 38.5 Å². The number of rotatable bonds is 2. The first-order chi connectivity index (χ1) is 9.65. The highest BCUT2D eigenvalue weighted by Gasteiger charge is 2.23. The van der Waals surface area contributed by atoms with Gasteiger partial charge in [0.2, 0.25) is 0 Å². The van der Waals surface area contributed by atoms with Crippen molar-refractivity contribution in [3.63, 3.8) is 0 Å². The van der Waals surface area contributed by atoms with Crippen LogP contribution in [0.3, 0.4) is 0 Å². The molecule has 0 amide bonds. The van der Waals surface area contributed by atoms with E-state index in [4.69, 9.17) is 10.7 Å². The van der Waals surface area contributed by atoms with Gasteiger partial charge in [-0.05, 0) is 47.6 Å². The van der Waals surface area contributed by atoms with Crippen molar-refractivity contribution in [3.8, 4) is 11.4 Å². The van der Waals surface area contributed by atoms with Crippen LogP contribution in [-0.2, 0) is 0 Å². The summed E-state index contributed by atoms with van der Waals surface area (Å²) in [4.78, 5) is 9.26. The molecule has 2 aromatic rings. The lowest BCUT2D eigenvalue weighted by atomic mass is 10.0. The molecule has 1 aromatic heterocycles. The van der Waals surface area contributed by atoms with Crippen LogP contribution in [0, 0.1) is 3.57 Å². The Bertz CT molecular complexity index is 639. The number of hydrogen-bond donors (Lipinski definition) is 1. The van der Waals surface area contributed by atoms with E-state index < -0.39 is 0 Å². The molecule has 0 saturated heterocycles. The molecule has 0 unspecified atom stereocenters. The minimum atomic E-state index is 0.540. The van der Waals surface area contributed by atoms with Crippen LogP contribution in [-0.4, -0.2) is 9.97 Å². The maximum atomic E-state index is 6.09. The Kier molecular flexibility index (Phi) is 4.26. The average Bonchev–Trinajstić information content (AvgIpc) is 2.95. The third-order valence-corrected chi connectivity index (χ3v) is 5.33. The molecule has 1 fully saturated rings. The highest BCUT2D eigenvalue weighted by atomic mass is 127. The van der Waals surface area contributed by atoms with Gasteiger partial charge in [-0.3, -0.25) is 0 Å². The summed E-state index contributed by atoms with van der Waals surface area (Å²) in [5, 5.41) is 0. The number of nitrogens with two attached hydrogens (primary N) is 1. The van der Waals surface area contributed by atoms with Gasteiger partial charge >= 0.3 is 0 Å². The lowest BCUT2D eigenvalue weighted by Crippen LogP contribution is -2.07. The van der Waals surface area contributed by atoms with Crippen LogP contribution < -0.4 is 5.73 Å². The van der Waals surface area contributed by atoms with E-state index in [2.05, 4.69) is 43.5 Å². The van der Waals surface area contributed by atoms with E-state index in [1.807, 2.05) is 24.3 Å². The first-order valence-corrected chi connectivity index (χ1v) is 8.61. The number of nitrogens with zero attached hydrogens (tertiary/aromatic N) is 2. The molecule has 1 heterocycles. The maximum Gasteiger partial charge on any atom is 0.161 e. The molecule has 0 atom stereocenters. The summed E-state index contributed by atoms with van der Waals surface area (Å²) < 4.78 is 2.05. The van der Waals surface area contributed by atoms with E-state index in [1.54, 1.807) is 0 Å². The van der Waals surface area contributed by atoms with Gasteiger partial charge in [0, 0.05) is 16.0 Å². The second-order valence-corrected chi connectivity index (χ2v) is 7.12. The summed E-state index contributed by atoms with van der Waals surface area (Å²) in [7, 11) is 0. The summed E-state index contributed by atoms with van der Waals surface area (Å²) in [6.45, 7) is 0. The Morgan fingerprint density at radius 1 is 1.20 bits per heavy atom. The summed E-state index contributed by atoms with van der Waals surface area (Å²) in [5.41, 5.74) is 8.23. The van der Waals surface area contributed by atoms with Gasteiger partial charge in [-0.2, -0.15) is 0 Å². The highest BCUT2D eigenvalue weighted by Crippen LogP contribution is 2.37. The van der Waals surface area contributed by atoms with Crippen LogP contribution in [0.2, 0.25) is 0 Å². The standard InChI is InChI=1S/C15H15BrIN3/c16-11-7-3-6-10(8-11)15-19-13(9-4-1-2-5-9)12(17)14(18)20-15/h3,6-9H,1-2,4-5H2,(H2,18,19,20). The molecule has 1 aliphatic carbocycles. The average molecular weight is 444 g/mol. The number of halogens is 2. The molecule has 20 heavy (non-hydrogen) atoms. The molecule has 2 N–H and O–H groups in total.